The predicted octanol–water partition coefficient (Wildman–Crippen LogP) is 3.23. The Morgan fingerprint density at radius 1 is 1.18 bits per heavy atom. The number of nitrogens with zero attached hydrogens (tertiary/aromatic N) is 5. The van der Waals surface area contributed by atoms with Crippen molar-refractivity contribution in [1.82, 2.24) is 19.1 Å². The van der Waals surface area contributed by atoms with Crippen molar-refractivity contribution in [2.75, 3.05) is 17.7 Å². The summed E-state index contributed by atoms with van der Waals surface area (Å²) in [7, 11) is -0.408. The molecular formula is C21H24F3N5O3S. The number of anilines is 1. The number of rotatable bonds is 6. The van der Waals surface area contributed by atoms with Crippen LogP contribution in [0.5, 0.6) is 0 Å². The number of hydrogen-bond acceptors (Lipinski definition) is 6. The first-order chi connectivity index (χ1) is 15.4. The average molecular weight is 484 g/mol. The smallest absolute Gasteiger partial charge is 0.357 e. The highest BCUT2D eigenvalue weighted by atomic mass is 32.2. The van der Waals surface area contributed by atoms with Crippen LogP contribution in [0.15, 0.2) is 27.9 Å². The summed E-state index contributed by atoms with van der Waals surface area (Å²) < 4.78 is 68.3. The van der Waals surface area contributed by atoms with Gasteiger partial charge in [0.05, 0.1) is 16.2 Å². The van der Waals surface area contributed by atoms with E-state index in [9.17, 15) is 26.4 Å². The highest BCUT2D eigenvalue weighted by Crippen LogP contribution is 2.35. The molecule has 178 valence electrons. The number of aryl methyl sites for hydroxylation is 1. The zero-order valence-corrected chi connectivity index (χ0v) is 19.5. The van der Waals surface area contributed by atoms with E-state index < -0.39 is 27.3 Å². The summed E-state index contributed by atoms with van der Waals surface area (Å²) in [5.74, 6) is 0.350. The Morgan fingerprint density at radius 3 is 2.39 bits per heavy atom. The molecule has 0 saturated heterocycles. The quantitative estimate of drug-likeness (QED) is 0.535. The number of sulfone groups is 1. The topological polar surface area (TPSA) is 90.1 Å². The third kappa shape index (κ3) is 3.90. The molecule has 0 bridgehead atoms. The standard InChI is InChI=1S/C21H24F3N5O3S/c1-5-29-15(21(22,23)24)11-13-18(20(29)30)28(4)19(25-13)17-14(33(31,32)6-2)9-10-16(26-17)27(3)12-7-8-12/h9-12H,5-8H2,1-4H3. The molecule has 0 unspecified atom stereocenters. The second-order valence-electron chi connectivity index (χ2n) is 8.07. The van der Waals surface area contributed by atoms with E-state index in [0.29, 0.717) is 16.4 Å². The lowest BCUT2D eigenvalue weighted by atomic mass is 10.3. The second kappa shape index (κ2) is 7.86. The van der Waals surface area contributed by atoms with Gasteiger partial charge < -0.3 is 14.0 Å². The Balaban J connectivity index is 2.03. The molecule has 3 aromatic rings. The second-order valence-corrected chi connectivity index (χ2v) is 10.3. The number of aromatic nitrogens is 4. The Morgan fingerprint density at radius 2 is 1.85 bits per heavy atom. The maximum atomic E-state index is 13.6. The van der Waals surface area contributed by atoms with Crippen molar-refractivity contribution in [3.8, 4) is 11.5 Å². The first-order valence-corrected chi connectivity index (χ1v) is 12.2. The molecule has 1 aliphatic rings. The largest absolute Gasteiger partial charge is 0.431 e. The van der Waals surface area contributed by atoms with Gasteiger partial charge in [0.2, 0.25) is 0 Å². The molecule has 1 aliphatic carbocycles. The average Bonchev–Trinajstić information content (AvgIpc) is 3.55. The fourth-order valence-corrected chi connectivity index (χ4v) is 4.94. The minimum absolute atomic E-state index is 0.0107. The molecule has 0 N–H and O–H groups in total. The van der Waals surface area contributed by atoms with Crippen LogP contribution in [-0.2, 0) is 29.6 Å². The molecule has 8 nitrogen and oxygen atoms in total. The van der Waals surface area contributed by atoms with Crippen LogP contribution in [0.25, 0.3) is 22.6 Å². The van der Waals surface area contributed by atoms with Gasteiger partial charge >= 0.3 is 6.18 Å². The monoisotopic (exact) mass is 483 g/mol. The summed E-state index contributed by atoms with van der Waals surface area (Å²) in [6.45, 7) is 2.76. The van der Waals surface area contributed by atoms with Crippen LogP contribution < -0.4 is 10.5 Å². The number of fused-ring (bicyclic) bond motifs is 1. The SMILES string of the molecule is CCn1c(C(F)(F)F)cc2nc(-c3nc(N(C)C4CC4)ccc3S(=O)(=O)CC)n(C)c2c1=O. The molecule has 3 aromatic heterocycles. The van der Waals surface area contributed by atoms with Crippen molar-refractivity contribution >= 4 is 26.7 Å². The predicted molar refractivity (Wildman–Crippen MR) is 118 cm³/mol. The van der Waals surface area contributed by atoms with Crippen LogP contribution in [0.2, 0.25) is 0 Å². The zero-order valence-electron chi connectivity index (χ0n) is 18.6. The third-order valence-electron chi connectivity index (χ3n) is 5.97. The van der Waals surface area contributed by atoms with Crippen LogP contribution in [0.4, 0.5) is 19.0 Å². The molecule has 0 atom stereocenters. The molecule has 0 radical (unpaired) electrons. The summed E-state index contributed by atoms with van der Waals surface area (Å²) in [6.07, 6.45) is -2.76. The first kappa shape index (κ1) is 23.3. The fourth-order valence-electron chi connectivity index (χ4n) is 3.93. The Kier molecular flexibility index (Phi) is 5.54. The molecule has 4 rings (SSSR count). The minimum Gasteiger partial charge on any atom is -0.357 e. The van der Waals surface area contributed by atoms with Crippen molar-refractivity contribution in [1.29, 1.82) is 0 Å². The lowest BCUT2D eigenvalue weighted by Crippen LogP contribution is -2.28. The molecule has 1 fully saturated rings. The minimum atomic E-state index is -4.75. The van der Waals surface area contributed by atoms with Gasteiger partial charge in [-0.05, 0) is 38.0 Å². The first-order valence-electron chi connectivity index (χ1n) is 10.5. The summed E-state index contributed by atoms with van der Waals surface area (Å²) in [5, 5.41) is 0. The van der Waals surface area contributed by atoms with E-state index in [4.69, 9.17) is 0 Å². The fraction of sp³-hybridized carbons (Fsp3) is 0.476. The van der Waals surface area contributed by atoms with Crippen molar-refractivity contribution in [2.45, 2.75) is 50.3 Å². The lowest BCUT2D eigenvalue weighted by Gasteiger charge is -2.19. The van der Waals surface area contributed by atoms with Crippen molar-refractivity contribution in [3.05, 3.63) is 34.2 Å². The van der Waals surface area contributed by atoms with Crippen molar-refractivity contribution in [2.24, 2.45) is 7.05 Å². The molecule has 0 spiro atoms. The van der Waals surface area contributed by atoms with Crippen molar-refractivity contribution in [3.63, 3.8) is 0 Å². The van der Waals surface area contributed by atoms with E-state index in [2.05, 4.69) is 9.97 Å². The zero-order chi connectivity index (χ0) is 24.3. The normalized spacial score (nSPS) is 14.8. The third-order valence-corrected chi connectivity index (χ3v) is 7.73. The molecule has 0 aromatic carbocycles. The van der Waals surface area contributed by atoms with Gasteiger partial charge in [-0.3, -0.25) is 4.79 Å². The molecule has 1 saturated carbocycles. The van der Waals surface area contributed by atoms with Crippen molar-refractivity contribution < 1.29 is 21.6 Å². The van der Waals surface area contributed by atoms with Gasteiger partial charge in [0.25, 0.3) is 5.56 Å². The van der Waals surface area contributed by atoms with Gasteiger partial charge in [0.15, 0.2) is 15.7 Å². The highest BCUT2D eigenvalue weighted by molar-refractivity contribution is 7.91. The lowest BCUT2D eigenvalue weighted by molar-refractivity contribution is -0.144. The van der Waals surface area contributed by atoms with E-state index >= 15 is 0 Å². The number of imidazole rings is 1. The van der Waals surface area contributed by atoms with E-state index in [-0.39, 0.29) is 39.7 Å². The molecular weight excluding hydrogens is 459 g/mol. The van der Waals surface area contributed by atoms with Crippen LogP contribution >= 0.6 is 0 Å². The van der Waals surface area contributed by atoms with Gasteiger partial charge in [0.1, 0.15) is 22.7 Å². The number of pyridine rings is 2. The summed E-state index contributed by atoms with van der Waals surface area (Å²) >= 11 is 0. The van der Waals surface area contributed by atoms with Gasteiger partial charge in [-0.2, -0.15) is 13.2 Å². The van der Waals surface area contributed by atoms with Gasteiger partial charge in [-0.25, -0.2) is 18.4 Å². The number of alkyl halides is 3. The van der Waals surface area contributed by atoms with E-state index in [1.165, 1.54) is 31.5 Å². The molecule has 33 heavy (non-hydrogen) atoms. The summed E-state index contributed by atoms with van der Waals surface area (Å²) in [5.41, 5.74) is -2.17. The Labute approximate surface area is 188 Å². The Hall–Kier alpha value is -2.89. The van der Waals surface area contributed by atoms with Crippen LogP contribution in [0.1, 0.15) is 32.4 Å². The summed E-state index contributed by atoms with van der Waals surface area (Å²) in [6, 6.07) is 4.17. The Bertz CT molecular complexity index is 1410. The van der Waals surface area contributed by atoms with Crippen LogP contribution in [-0.4, -0.2) is 46.4 Å². The van der Waals surface area contributed by atoms with E-state index in [0.717, 1.165) is 18.9 Å². The van der Waals surface area contributed by atoms with E-state index in [1.54, 1.807) is 6.07 Å². The van der Waals surface area contributed by atoms with Gasteiger partial charge in [-0.1, -0.05) is 6.92 Å². The van der Waals surface area contributed by atoms with Gasteiger partial charge in [0, 0.05) is 26.7 Å². The van der Waals surface area contributed by atoms with Crippen LogP contribution in [0, 0.1) is 0 Å². The molecule has 12 heteroatoms. The van der Waals surface area contributed by atoms with Gasteiger partial charge in [-0.15, -0.1) is 0 Å². The van der Waals surface area contributed by atoms with E-state index in [1.807, 2.05) is 11.9 Å². The summed E-state index contributed by atoms with van der Waals surface area (Å²) in [4.78, 5) is 23.6. The maximum absolute atomic E-state index is 13.6. The molecule has 0 amide bonds. The molecule has 3 heterocycles. The maximum Gasteiger partial charge on any atom is 0.431 e. The number of halogens is 3. The highest BCUT2D eigenvalue weighted by Gasteiger charge is 2.36. The van der Waals surface area contributed by atoms with Crippen LogP contribution in [0.3, 0.4) is 0 Å². The molecule has 0 aliphatic heterocycles. The number of hydrogen-bond donors (Lipinski definition) is 0.